The lowest BCUT2D eigenvalue weighted by molar-refractivity contribution is -0.136. The first kappa shape index (κ1) is 19.1. The monoisotopic (exact) mass is 384 g/mol. The number of fused-ring (bicyclic) bond motifs is 1. The van der Waals surface area contributed by atoms with Crippen LogP contribution in [0.5, 0.6) is 0 Å². The molecule has 140 valence electrons. The molecule has 6 heteroatoms. The zero-order valence-electron chi connectivity index (χ0n) is 15.2. The van der Waals surface area contributed by atoms with Crippen molar-refractivity contribution in [1.82, 2.24) is 0 Å². The van der Waals surface area contributed by atoms with Crippen LogP contribution in [0.15, 0.2) is 53.5 Å². The molecule has 0 saturated heterocycles. The van der Waals surface area contributed by atoms with Crippen LogP contribution < -0.4 is 4.90 Å². The number of para-hydroxylation sites is 1. The average Bonchev–Trinajstić information content (AvgIpc) is 2.78. The van der Waals surface area contributed by atoms with Gasteiger partial charge in [0.2, 0.25) is 0 Å². The lowest BCUT2D eigenvalue weighted by Gasteiger charge is -2.26. The minimum Gasteiger partial charge on any atom is -0.480 e. The van der Waals surface area contributed by atoms with Crippen LogP contribution in [0.25, 0.3) is 0 Å². The molecule has 1 amide bonds. The highest BCUT2D eigenvalue weighted by molar-refractivity contribution is 6.36. The lowest BCUT2D eigenvalue weighted by atomic mass is 9.98. The molecule has 5 nitrogen and oxygen atoms in total. The molecule has 2 aromatic rings. The van der Waals surface area contributed by atoms with Crippen molar-refractivity contribution in [3.8, 4) is 0 Å². The van der Waals surface area contributed by atoms with Gasteiger partial charge in [-0.1, -0.05) is 74.3 Å². The number of carbonyl (C=O) groups excluding carboxylic acids is 1. The van der Waals surface area contributed by atoms with Gasteiger partial charge in [0.05, 0.1) is 16.4 Å². The normalized spacial score (nSPS) is 17.7. The molecule has 1 heterocycles. The van der Waals surface area contributed by atoms with Crippen molar-refractivity contribution in [2.24, 2.45) is 10.9 Å². The highest BCUT2D eigenvalue weighted by Gasteiger charge is 2.36. The SMILES string of the molecule is CCC(C)C1N=C(c2ccccc2)c2cccc(Cl)c2N(CC(=O)O)C1=O. The molecular weight excluding hydrogens is 364 g/mol. The van der Waals surface area contributed by atoms with Gasteiger partial charge < -0.3 is 5.11 Å². The molecule has 3 rings (SSSR count). The Morgan fingerprint density at radius 1 is 1.22 bits per heavy atom. The molecule has 0 fully saturated rings. The molecule has 2 unspecified atom stereocenters. The van der Waals surface area contributed by atoms with Crippen LogP contribution >= 0.6 is 11.6 Å². The number of benzene rings is 2. The Bertz CT molecular complexity index is 896. The van der Waals surface area contributed by atoms with Crippen molar-refractivity contribution in [2.45, 2.75) is 26.3 Å². The largest absolute Gasteiger partial charge is 0.480 e. The van der Waals surface area contributed by atoms with Crippen LogP contribution in [0.4, 0.5) is 5.69 Å². The van der Waals surface area contributed by atoms with E-state index in [9.17, 15) is 14.7 Å². The summed E-state index contributed by atoms with van der Waals surface area (Å²) in [5.41, 5.74) is 2.58. The number of anilines is 1. The molecule has 1 N–H and O–H groups in total. The summed E-state index contributed by atoms with van der Waals surface area (Å²) in [6.45, 7) is 3.48. The molecule has 0 spiro atoms. The van der Waals surface area contributed by atoms with Crippen molar-refractivity contribution in [1.29, 1.82) is 0 Å². The molecule has 1 aliphatic rings. The number of amides is 1. The van der Waals surface area contributed by atoms with Gasteiger partial charge in [0.1, 0.15) is 12.6 Å². The van der Waals surface area contributed by atoms with Crippen molar-refractivity contribution >= 4 is 34.9 Å². The maximum Gasteiger partial charge on any atom is 0.323 e. The van der Waals surface area contributed by atoms with E-state index >= 15 is 0 Å². The van der Waals surface area contributed by atoms with E-state index in [0.29, 0.717) is 22.0 Å². The minimum absolute atomic E-state index is 0.0411. The van der Waals surface area contributed by atoms with Gasteiger partial charge in [-0.2, -0.15) is 0 Å². The Kier molecular flexibility index (Phi) is 5.61. The lowest BCUT2D eigenvalue weighted by Crippen LogP contribution is -2.43. The predicted molar refractivity (Wildman–Crippen MR) is 107 cm³/mol. The Morgan fingerprint density at radius 3 is 2.56 bits per heavy atom. The highest BCUT2D eigenvalue weighted by Crippen LogP contribution is 2.36. The number of hydrogen-bond acceptors (Lipinski definition) is 3. The quantitative estimate of drug-likeness (QED) is 0.846. The number of rotatable bonds is 5. The molecule has 27 heavy (non-hydrogen) atoms. The van der Waals surface area contributed by atoms with Crippen LogP contribution in [0.1, 0.15) is 31.4 Å². The number of carboxylic acid groups (broad SMARTS) is 1. The topological polar surface area (TPSA) is 70.0 Å². The Morgan fingerprint density at radius 2 is 1.93 bits per heavy atom. The van der Waals surface area contributed by atoms with E-state index in [1.54, 1.807) is 12.1 Å². The van der Waals surface area contributed by atoms with E-state index in [4.69, 9.17) is 16.6 Å². The van der Waals surface area contributed by atoms with Crippen LogP contribution in [-0.4, -0.2) is 35.3 Å². The average molecular weight is 385 g/mol. The van der Waals surface area contributed by atoms with E-state index < -0.39 is 18.6 Å². The zero-order valence-corrected chi connectivity index (χ0v) is 16.0. The van der Waals surface area contributed by atoms with Gasteiger partial charge >= 0.3 is 5.97 Å². The number of aliphatic carboxylic acids is 1. The molecule has 0 aliphatic carbocycles. The fraction of sp³-hybridized carbons (Fsp3) is 0.286. The summed E-state index contributed by atoms with van der Waals surface area (Å²) in [4.78, 5) is 30.8. The number of aliphatic imine (C=N–C) groups is 1. The molecule has 2 atom stereocenters. The Balaban J connectivity index is 2.29. The van der Waals surface area contributed by atoms with Crippen LogP contribution in [-0.2, 0) is 9.59 Å². The van der Waals surface area contributed by atoms with Gasteiger partial charge in [0, 0.05) is 11.1 Å². The van der Waals surface area contributed by atoms with E-state index in [-0.39, 0.29) is 11.8 Å². The maximum atomic E-state index is 13.3. The van der Waals surface area contributed by atoms with Gasteiger partial charge in [-0.3, -0.25) is 19.5 Å². The first-order valence-electron chi connectivity index (χ1n) is 8.89. The fourth-order valence-corrected chi connectivity index (χ4v) is 3.50. The Hall–Kier alpha value is -2.66. The first-order chi connectivity index (χ1) is 12.9. The minimum atomic E-state index is -1.10. The van der Waals surface area contributed by atoms with Crippen LogP contribution in [0.3, 0.4) is 0 Å². The molecule has 0 aromatic heterocycles. The van der Waals surface area contributed by atoms with Gasteiger partial charge in [-0.15, -0.1) is 0 Å². The number of halogens is 1. The third kappa shape index (κ3) is 3.74. The summed E-state index contributed by atoms with van der Waals surface area (Å²) >= 11 is 6.43. The van der Waals surface area contributed by atoms with Crippen LogP contribution in [0.2, 0.25) is 5.02 Å². The number of benzodiazepines with no additional fused rings is 1. The highest BCUT2D eigenvalue weighted by atomic mass is 35.5. The number of carboxylic acids is 1. The molecule has 2 aromatic carbocycles. The fourth-order valence-electron chi connectivity index (χ4n) is 3.23. The van der Waals surface area contributed by atoms with Crippen molar-refractivity contribution in [3.05, 3.63) is 64.7 Å². The van der Waals surface area contributed by atoms with Gasteiger partial charge in [0.25, 0.3) is 5.91 Å². The van der Waals surface area contributed by atoms with Crippen LogP contribution in [0, 0.1) is 5.92 Å². The molecule has 1 aliphatic heterocycles. The summed E-state index contributed by atoms with van der Waals surface area (Å²) in [6, 6.07) is 14.2. The van der Waals surface area contributed by atoms with Crippen molar-refractivity contribution in [2.75, 3.05) is 11.4 Å². The van der Waals surface area contributed by atoms with E-state index in [0.717, 1.165) is 12.0 Å². The molecule has 0 radical (unpaired) electrons. The third-order valence-electron chi connectivity index (χ3n) is 4.82. The summed E-state index contributed by atoms with van der Waals surface area (Å²) < 4.78 is 0. The summed E-state index contributed by atoms with van der Waals surface area (Å²) in [7, 11) is 0. The van der Waals surface area contributed by atoms with E-state index in [1.165, 1.54) is 4.90 Å². The predicted octanol–water partition coefficient (Wildman–Crippen LogP) is 4.02. The first-order valence-corrected chi connectivity index (χ1v) is 9.27. The molecule has 0 bridgehead atoms. The van der Waals surface area contributed by atoms with E-state index in [2.05, 4.69) is 0 Å². The number of hydrogen-bond donors (Lipinski definition) is 1. The van der Waals surface area contributed by atoms with Crippen molar-refractivity contribution in [3.63, 3.8) is 0 Å². The number of nitrogens with zero attached hydrogens (tertiary/aromatic N) is 2. The van der Waals surface area contributed by atoms with E-state index in [1.807, 2.05) is 50.2 Å². The second-order valence-electron chi connectivity index (χ2n) is 6.63. The summed E-state index contributed by atoms with van der Waals surface area (Å²) in [6.07, 6.45) is 0.743. The molecular formula is C21H21ClN2O3. The summed E-state index contributed by atoms with van der Waals surface area (Å²) in [5.74, 6) is -1.48. The van der Waals surface area contributed by atoms with Crippen molar-refractivity contribution < 1.29 is 14.7 Å². The maximum absolute atomic E-state index is 13.3. The van der Waals surface area contributed by atoms with Gasteiger partial charge in [-0.05, 0) is 12.0 Å². The second-order valence-corrected chi connectivity index (χ2v) is 7.04. The summed E-state index contributed by atoms with van der Waals surface area (Å²) in [5, 5.41) is 9.71. The third-order valence-corrected chi connectivity index (χ3v) is 5.13. The Labute approximate surface area is 163 Å². The number of carbonyl (C=O) groups is 2. The smallest absolute Gasteiger partial charge is 0.323 e. The second kappa shape index (κ2) is 7.92. The van der Waals surface area contributed by atoms with Gasteiger partial charge in [-0.25, -0.2) is 0 Å². The zero-order chi connectivity index (χ0) is 19.6. The standard InChI is InChI=1S/C21H21ClN2O3/c1-3-13(2)18-21(27)24(12-17(25)26)20-15(10-7-11-16(20)22)19(23-18)14-8-5-4-6-9-14/h4-11,13,18H,3,12H2,1-2H3,(H,25,26). The van der Waals surface area contributed by atoms with Gasteiger partial charge in [0.15, 0.2) is 0 Å². The molecule has 0 saturated carbocycles.